The number of likely N-dealkylation sites (tertiary alicyclic amines) is 1. The average Bonchev–Trinajstić information content (AvgIpc) is 2.88. The van der Waals surface area contributed by atoms with E-state index in [-0.39, 0.29) is 17.0 Å². The molecule has 3 nitrogen and oxygen atoms in total. The molecule has 1 saturated carbocycles. The lowest BCUT2D eigenvalue weighted by Crippen LogP contribution is -2.63. The highest BCUT2D eigenvalue weighted by atomic mass is 16.5. The van der Waals surface area contributed by atoms with Crippen LogP contribution >= 0.6 is 0 Å². The molecule has 0 aromatic rings. The van der Waals surface area contributed by atoms with Crippen molar-refractivity contribution in [2.75, 3.05) is 6.54 Å². The number of hydrogen-bond donors (Lipinski definition) is 0. The van der Waals surface area contributed by atoms with Gasteiger partial charge in [-0.15, -0.1) is 0 Å². The number of rotatable bonds is 0. The van der Waals surface area contributed by atoms with E-state index in [0.717, 1.165) is 13.0 Å². The number of ether oxygens (including phenoxy) is 1. The van der Waals surface area contributed by atoms with Crippen LogP contribution in [0.1, 0.15) is 58.3 Å². The van der Waals surface area contributed by atoms with Gasteiger partial charge >= 0.3 is 0 Å². The third kappa shape index (κ3) is 1.71. The lowest BCUT2D eigenvalue weighted by Gasteiger charge is -2.54. The van der Waals surface area contributed by atoms with E-state index < -0.39 is 0 Å². The first-order valence-corrected chi connectivity index (χ1v) is 8.29. The van der Waals surface area contributed by atoms with E-state index in [1.165, 1.54) is 44.9 Å². The van der Waals surface area contributed by atoms with E-state index in [1.54, 1.807) is 6.92 Å². The minimum atomic E-state index is -0.145. The van der Waals surface area contributed by atoms with Gasteiger partial charge in [-0.05, 0) is 31.6 Å². The van der Waals surface area contributed by atoms with Gasteiger partial charge in [0.25, 0.3) is 0 Å². The van der Waals surface area contributed by atoms with Crippen LogP contribution in [0.25, 0.3) is 0 Å². The number of carbonyl (C=O) groups is 1. The monoisotopic (exact) mass is 275 g/mol. The minimum Gasteiger partial charge on any atom is -0.361 e. The molecule has 0 radical (unpaired) electrons. The molecule has 1 aliphatic carbocycles. The van der Waals surface area contributed by atoms with Gasteiger partial charge in [-0.25, -0.2) is 0 Å². The summed E-state index contributed by atoms with van der Waals surface area (Å²) < 4.78 is 6.20. The Bertz CT molecular complexity index is 450. The van der Waals surface area contributed by atoms with E-state index in [1.807, 2.05) is 0 Å². The van der Waals surface area contributed by atoms with Crippen LogP contribution in [0.3, 0.4) is 0 Å². The van der Waals surface area contributed by atoms with Gasteiger partial charge in [0.05, 0.1) is 12.6 Å². The molecule has 2 saturated heterocycles. The quantitative estimate of drug-likeness (QED) is 0.636. The molecule has 3 fully saturated rings. The van der Waals surface area contributed by atoms with Crippen molar-refractivity contribution >= 4 is 5.91 Å². The Labute approximate surface area is 121 Å². The van der Waals surface area contributed by atoms with Crippen LogP contribution in [0.4, 0.5) is 0 Å². The Morgan fingerprint density at radius 1 is 1.25 bits per heavy atom. The molecular formula is C17H25NO2. The molecule has 3 aliphatic heterocycles. The van der Waals surface area contributed by atoms with Crippen LogP contribution in [-0.4, -0.2) is 34.6 Å². The van der Waals surface area contributed by atoms with E-state index in [4.69, 9.17) is 4.74 Å². The molecule has 0 N–H and O–H groups in total. The molecule has 1 amide bonds. The van der Waals surface area contributed by atoms with Crippen LogP contribution in [0.2, 0.25) is 0 Å². The highest BCUT2D eigenvalue weighted by Gasteiger charge is 2.59. The van der Waals surface area contributed by atoms with Gasteiger partial charge in [0.15, 0.2) is 0 Å². The number of amides is 1. The third-order valence-corrected chi connectivity index (χ3v) is 6.19. The molecule has 0 aromatic heterocycles. The molecule has 3 heterocycles. The van der Waals surface area contributed by atoms with Crippen LogP contribution in [-0.2, 0) is 9.53 Å². The molecule has 2 bridgehead atoms. The second-order valence-electron chi connectivity index (χ2n) is 7.35. The first kappa shape index (κ1) is 12.9. The van der Waals surface area contributed by atoms with Gasteiger partial charge in [0.2, 0.25) is 5.91 Å². The van der Waals surface area contributed by atoms with Gasteiger partial charge < -0.3 is 9.64 Å². The minimum absolute atomic E-state index is 0.139. The second-order valence-corrected chi connectivity index (χ2v) is 7.35. The Morgan fingerprint density at radius 3 is 2.65 bits per heavy atom. The standard InChI is InChI=1S/C17H25NO2/c1-13(19)18-12-17-9-6-15(20-17)10-14(17)11-16(18)7-4-2-3-5-8-16/h6,9,14-15H,2-5,7-8,10-12H2,1H3/t14-,15-,17+/m1/s1. The fourth-order valence-electron chi connectivity index (χ4n) is 5.23. The van der Waals surface area contributed by atoms with Crippen LogP contribution in [0, 0.1) is 5.92 Å². The zero-order chi connectivity index (χ0) is 13.8. The summed E-state index contributed by atoms with van der Waals surface area (Å²) in [6.07, 6.45) is 14.7. The molecule has 4 rings (SSSR count). The molecule has 0 unspecified atom stereocenters. The summed E-state index contributed by atoms with van der Waals surface area (Å²) in [5.41, 5.74) is -0.00613. The van der Waals surface area contributed by atoms with Crippen LogP contribution < -0.4 is 0 Å². The average molecular weight is 275 g/mol. The summed E-state index contributed by atoms with van der Waals surface area (Å²) in [5, 5.41) is 0. The molecule has 3 atom stereocenters. The lowest BCUT2D eigenvalue weighted by molar-refractivity contribution is -0.151. The van der Waals surface area contributed by atoms with Crippen LogP contribution in [0.15, 0.2) is 12.2 Å². The van der Waals surface area contributed by atoms with Crippen molar-refractivity contribution in [3.05, 3.63) is 12.2 Å². The number of fused-ring (bicyclic) bond motifs is 1. The van der Waals surface area contributed by atoms with Gasteiger partial charge in [-0.2, -0.15) is 0 Å². The summed E-state index contributed by atoms with van der Waals surface area (Å²) in [5.74, 6) is 0.873. The fraction of sp³-hybridized carbons (Fsp3) is 0.824. The maximum atomic E-state index is 12.3. The molecule has 3 heteroatoms. The number of piperidine rings is 1. The summed E-state index contributed by atoms with van der Waals surface area (Å²) in [6, 6.07) is 0. The molecule has 0 aromatic carbocycles. The van der Waals surface area contributed by atoms with Gasteiger partial charge in [0, 0.05) is 12.5 Å². The highest BCUT2D eigenvalue weighted by Crippen LogP contribution is 2.54. The van der Waals surface area contributed by atoms with E-state index in [9.17, 15) is 4.79 Å². The lowest BCUT2D eigenvalue weighted by atomic mass is 9.67. The third-order valence-electron chi connectivity index (χ3n) is 6.19. The van der Waals surface area contributed by atoms with Crippen molar-refractivity contribution < 1.29 is 9.53 Å². The largest absolute Gasteiger partial charge is 0.361 e. The van der Waals surface area contributed by atoms with Gasteiger partial charge in [-0.1, -0.05) is 37.8 Å². The summed E-state index contributed by atoms with van der Waals surface area (Å²) in [6.45, 7) is 2.54. The number of hydrogen-bond acceptors (Lipinski definition) is 2. The van der Waals surface area contributed by atoms with Crippen molar-refractivity contribution in [1.29, 1.82) is 0 Å². The normalized spacial score (nSPS) is 41.8. The highest BCUT2D eigenvalue weighted by molar-refractivity contribution is 5.74. The van der Waals surface area contributed by atoms with Gasteiger partial charge in [0.1, 0.15) is 5.60 Å². The number of carbonyl (C=O) groups excluding carboxylic acids is 1. The van der Waals surface area contributed by atoms with Crippen molar-refractivity contribution in [3.63, 3.8) is 0 Å². The Balaban J connectivity index is 1.68. The predicted octanol–water partition coefficient (Wildman–Crippen LogP) is 3.05. The van der Waals surface area contributed by atoms with Crippen molar-refractivity contribution in [2.24, 2.45) is 5.92 Å². The summed E-state index contributed by atoms with van der Waals surface area (Å²) >= 11 is 0. The molecular weight excluding hydrogens is 250 g/mol. The molecule has 20 heavy (non-hydrogen) atoms. The van der Waals surface area contributed by atoms with Crippen molar-refractivity contribution in [1.82, 2.24) is 4.90 Å². The smallest absolute Gasteiger partial charge is 0.220 e. The first-order chi connectivity index (χ1) is 9.64. The second kappa shape index (κ2) is 4.33. The summed E-state index contributed by atoms with van der Waals surface area (Å²) in [7, 11) is 0. The molecule has 2 spiro atoms. The predicted molar refractivity (Wildman–Crippen MR) is 77.3 cm³/mol. The summed E-state index contributed by atoms with van der Waals surface area (Å²) in [4.78, 5) is 14.5. The topological polar surface area (TPSA) is 29.5 Å². The van der Waals surface area contributed by atoms with E-state index in [2.05, 4.69) is 17.1 Å². The van der Waals surface area contributed by atoms with Gasteiger partial charge in [-0.3, -0.25) is 4.79 Å². The molecule has 110 valence electrons. The number of nitrogens with zero attached hydrogens (tertiary/aromatic N) is 1. The zero-order valence-electron chi connectivity index (χ0n) is 12.4. The first-order valence-electron chi connectivity index (χ1n) is 8.29. The zero-order valence-corrected chi connectivity index (χ0v) is 12.4. The van der Waals surface area contributed by atoms with Crippen molar-refractivity contribution in [2.45, 2.75) is 75.5 Å². The van der Waals surface area contributed by atoms with Crippen LogP contribution in [0.5, 0.6) is 0 Å². The Kier molecular flexibility index (Phi) is 2.79. The molecule has 4 aliphatic rings. The maximum Gasteiger partial charge on any atom is 0.220 e. The fourth-order valence-corrected chi connectivity index (χ4v) is 5.23. The maximum absolute atomic E-state index is 12.3. The van der Waals surface area contributed by atoms with E-state index >= 15 is 0 Å². The SMILES string of the molecule is CC(=O)N1C[C@@]23C=C[C@H](C[C@@H]2CC12CCCCCC2)O3. The van der Waals surface area contributed by atoms with Crippen molar-refractivity contribution in [3.8, 4) is 0 Å². The Hall–Kier alpha value is -0.830. The van der Waals surface area contributed by atoms with E-state index in [0.29, 0.717) is 12.0 Å². The Morgan fingerprint density at radius 2 is 2.00 bits per heavy atom.